The Kier molecular flexibility index (Phi) is 7.57. The molecule has 2 aromatic rings. The van der Waals surface area contributed by atoms with Gasteiger partial charge in [0.05, 0.1) is 29.0 Å². The molecule has 8 heteroatoms. The number of thioether (sulfide) groups is 1. The van der Waals surface area contributed by atoms with Gasteiger partial charge in [-0.15, -0.1) is 0 Å². The van der Waals surface area contributed by atoms with Crippen LogP contribution in [-0.2, 0) is 20.9 Å². The van der Waals surface area contributed by atoms with Gasteiger partial charge in [0.15, 0.2) is 11.5 Å². The predicted octanol–water partition coefficient (Wildman–Crippen LogP) is 3.61. The van der Waals surface area contributed by atoms with Crippen LogP contribution in [0.2, 0.25) is 0 Å². The minimum absolute atomic E-state index is 0.0101. The molecular weight excluding hydrogens is 416 g/mol. The lowest BCUT2D eigenvalue weighted by molar-refractivity contribution is -0.141. The third-order valence-corrected chi connectivity index (χ3v) is 5.61. The van der Waals surface area contributed by atoms with Crippen LogP contribution < -0.4 is 10.1 Å². The number of nitriles is 1. The summed E-state index contributed by atoms with van der Waals surface area (Å²) in [6.07, 6.45) is 0.0851. The molecule has 2 N–H and O–H groups in total. The van der Waals surface area contributed by atoms with Gasteiger partial charge in [-0.25, -0.2) is 0 Å². The number of esters is 1. The second-order valence-electron chi connectivity index (χ2n) is 6.75. The van der Waals surface area contributed by atoms with E-state index in [4.69, 9.17) is 9.47 Å². The summed E-state index contributed by atoms with van der Waals surface area (Å²) >= 11 is 1.06. The van der Waals surface area contributed by atoms with Gasteiger partial charge in [-0.1, -0.05) is 48.2 Å². The molecule has 1 amide bonds. The van der Waals surface area contributed by atoms with Crippen LogP contribution in [0.1, 0.15) is 30.4 Å². The first-order valence-electron chi connectivity index (χ1n) is 9.74. The van der Waals surface area contributed by atoms with Crippen molar-refractivity contribution in [1.82, 2.24) is 5.32 Å². The number of hydrogen-bond donors (Lipinski definition) is 2. The molecule has 3 rings (SSSR count). The van der Waals surface area contributed by atoms with Crippen LogP contribution in [0, 0.1) is 11.3 Å². The van der Waals surface area contributed by atoms with Crippen molar-refractivity contribution in [1.29, 1.82) is 5.26 Å². The Morgan fingerprint density at radius 3 is 2.77 bits per heavy atom. The zero-order valence-electron chi connectivity index (χ0n) is 17.0. The highest BCUT2D eigenvalue weighted by Gasteiger charge is 2.30. The number of ether oxygens (including phenoxy) is 2. The van der Waals surface area contributed by atoms with E-state index in [1.807, 2.05) is 30.3 Å². The predicted molar refractivity (Wildman–Crippen MR) is 116 cm³/mol. The van der Waals surface area contributed by atoms with Gasteiger partial charge in [0, 0.05) is 12.3 Å². The van der Waals surface area contributed by atoms with Gasteiger partial charge in [0.25, 0.3) is 0 Å². The van der Waals surface area contributed by atoms with Crippen molar-refractivity contribution < 1.29 is 24.2 Å². The van der Waals surface area contributed by atoms with Gasteiger partial charge >= 0.3 is 5.97 Å². The third-order valence-electron chi connectivity index (χ3n) is 4.62. The molecule has 1 heterocycles. The Morgan fingerprint density at radius 1 is 1.29 bits per heavy atom. The summed E-state index contributed by atoms with van der Waals surface area (Å²) in [6.45, 7) is 2.33. The van der Waals surface area contributed by atoms with Gasteiger partial charge in [0.2, 0.25) is 5.91 Å². The summed E-state index contributed by atoms with van der Waals surface area (Å²) in [5.41, 5.74) is 1.91. The maximum atomic E-state index is 12.3. The van der Waals surface area contributed by atoms with Crippen LogP contribution >= 0.6 is 11.8 Å². The average Bonchev–Trinajstić information content (AvgIpc) is 2.78. The number of nitrogens with zero attached hydrogens (tertiary/aromatic N) is 1. The first-order valence-corrected chi connectivity index (χ1v) is 10.7. The van der Waals surface area contributed by atoms with E-state index >= 15 is 0 Å². The van der Waals surface area contributed by atoms with E-state index in [9.17, 15) is 20.0 Å². The fourth-order valence-corrected chi connectivity index (χ4v) is 4.02. The fourth-order valence-electron chi connectivity index (χ4n) is 3.15. The van der Waals surface area contributed by atoms with Crippen LogP contribution in [-0.4, -0.2) is 29.3 Å². The van der Waals surface area contributed by atoms with Crippen LogP contribution in [0.4, 0.5) is 0 Å². The molecule has 31 heavy (non-hydrogen) atoms. The van der Waals surface area contributed by atoms with E-state index in [1.165, 1.54) is 6.07 Å². The standard InChI is InChI=1S/C23H22N2O5S/c1-2-29-20-10-16(8-9-19(20)26)17-11-21(27)25-23(18(17)12-24)31-14-22(28)30-13-15-6-4-3-5-7-15/h3-10,17,26H,2,11,13-14H2,1H3,(H,25,27). The molecule has 0 saturated carbocycles. The van der Waals surface area contributed by atoms with Crippen LogP contribution in [0.5, 0.6) is 11.5 Å². The number of rotatable bonds is 8. The molecule has 1 aliphatic heterocycles. The Bertz CT molecular complexity index is 1030. The number of phenolic OH excluding ortho intramolecular Hbond substituents is 1. The molecule has 2 aromatic carbocycles. The summed E-state index contributed by atoms with van der Waals surface area (Å²) < 4.78 is 10.7. The summed E-state index contributed by atoms with van der Waals surface area (Å²) in [5.74, 6) is -0.957. The van der Waals surface area contributed by atoms with E-state index in [1.54, 1.807) is 19.1 Å². The molecule has 1 aliphatic rings. The summed E-state index contributed by atoms with van der Waals surface area (Å²) in [5, 5.41) is 22.7. The molecule has 7 nitrogen and oxygen atoms in total. The van der Waals surface area contributed by atoms with Crippen molar-refractivity contribution in [3.63, 3.8) is 0 Å². The largest absolute Gasteiger partial charge is 0.504 e. The van der Waals surface area contributed by atoms with E-state index in [0.29, 0.717) is 28.5 Å². The SMILES string of the molecule is CCOc1cc(C2CC(=O)NC(SCC(=O)OCc3ccccc3)=C2C#N)ccc1O. The summed E-state index contributed by atoms with van der Waals surface area (Å²) in [6, 6.07) is 16.3. The lowest BCUT2D eigenvalue weighted by Crippen LogP contribution is -2.31. The highest BCUT2D eigenvalue weighted by atomic mass is 32.2. The number of hydrogen-bond acceptors (Lipinski definition) is 7. The van der Waals surface area contributed by atoms with Gasteiger partial charge in [-0.05, 0) is 30.2 Å². The van der Waals surface area contributed by atoms with Crippen LogP contribution in [0.3, 0.4) is 0 Å². The lowest BCUT2D eigenvalue weighted by Gasteiger charge is -2.25. The van der Waals surface area contributed by atoms with Gasteiger partial charge in [-0.2, -0.15) is 5.26 Å². The molecule has 0 aromatic heterocycles. The number of carbonyl (C=O) groups is 2. The first-order chi connectivity index (χ1) is 15.0. The molecule has 0 bridgehead atoms. The smallest absolute Gasteiger partial charge is 0.316 e. The Hall–Kier alpha value is -3.44. The molecule has 0 spiro atoms. The first kappa shape index (κ1) is 22.2. The molecule has 1 atom stereocenters. The fraction of sp³-hybridized carbons (Fsp3) is 0.261. The minimum atomic E-state index is -0.499. The molecule has 160 valence electrons. The second kappa shape index (κ2) is 10.5. The van der Waals surface area contributed by atoms with E-state index < -0.39 is 11.9 Å². The zero-order chi connectivity index (χ0) is 22.2. The average molecular weight is 439 g/mol. The third kappa shape index (κ3) is 5.80. The highest BCUT2D eigenvalue weighted by molar-refractivity contribution is 8.03. The number of amides is 1. The number of allylic oxidation sites excluding steroid dienone is 1. The molecule has 0 fully saturated rings. The van der Waals surface area contributed by atoms with E-state index in [2.05, 4.69) is 11.4 Å². The van der Waals surface area contributed by atoms with E-state index in [-0.39, 0.29) is 30.4 Å². The summed E-state index contributed by atoms with van der Waals surface area (Å²) in [7, 11) is 0. The molecule has 0 radical (unpaired) electrons. The minimum Gasteiger partial charge on any atom is -0.504 e. The monoisotopic (exact) mass is 438 g/mol. The zero-order valence-corrected chi connectivity index (χ0v) is 17.8. The van der Waals surface area contributed by atoms with E-state index in [0.717, 1.165) is 17.3 Å². The molecule has 1 unspecified atom stereocenters. The Balaban J connectivity index is 1.73. The Labute approximate surface area is 184 Å². The van der Waals surface area contributed by atoms with Crippen molar-refractivity contribution >= 4 is 23.6 Å². The maximum absolute atomic E-state index is 12.3. The van der Waals surface area contributed by atoms with Crippen LogP contribution in [0.25, 0.3) is 0 Å². The molecular formula is C23H22N2O5S. The van der Waals surface area contributed by atoms with Crippen molar-refractivity contribution in [2.75, 3.05) is 12.4 Å². The number of phenols is 1. The molecule has 0 aliphatic carbocycles. The number of nitrogens with one attached hydrogen (secondary N) is 1. The van der Waals surface area contributed by atoms with Crippen LogP contribution in [0.15, 0.2) is 59.1 Å². The lowest BCUT2D eigenvalue weighted by atomic mass is 9.87. The maximum Gasteiger partial charge on any atom is 0.316 e. The normalized spacial score (nSPS) is 15.7. The van der Waals surface area contributed by atoms with Crippen molar-refractivity contribution in [3.8, 4) is 17.6 Å². The van der Waals surface area contributed by atoms with Crippen molar-refractivity contribution in [2.45, 2.75) is 25.9 Å². The number of carbonyl (C=O) groups excluding carboxylic acids is 2. The Morgan fingerprint density at radius 2 is 2.06 bits per heavy atom. The summed E-state index contributed by atoms with van der Waals surface area (Å²) in [4.78, 5) is 24.4. The topological polar surface area (TPSA) is 109 Å². The van der Waals surface area contributed by atoms with Gasteiger partial charge in [0.1, 0.15) is 6.61 Å². The van der Waals surface area contributed by atoms with Crippen molar-refractivity contribution in [3.05, 3.63) is 70.3 Å². The van der Waals surface area contributed by atoms with Crippen molar-refractivity contribution in [2.24, 2.45) is 0 Å². The molecule has 0 saturated heterocycles. The second-order valence-corrected chi connectivity index (χ2v) is 7.74. The number of benzene rings is 2. The number of aromatic hydroxyl groups is 1. The quantitative estimate of drug-likeness (QED) is 0.606. The van der Waals surface area contributed by atoms with Gasteiger partial charge < -0.3 is 19.9 Å². The van der Waals surface area contributed by atoms with Gasteiger partial charge in [-0.3, -0.25) is 9.59 Å². The highest BCUT2D eigenvalue weighted by Crippen LogP contribution is 2.39.